The Morgan fingerprint density at radius 2 is 0.660 bits per heavy atom. The molecule has 4 aromatic rings. The number of benzene rings is 3. The van der Waals surface area contributed by atoms with Crippen LogP contribution in [0.3, 0.4) is 0 Å². The van der Waals surface area contributed by atoms with Crippen molar-refractivity contribution in [3.8, 4) is 0 Å². The SMILES string of the molecule is NCCC[C@H](NC(=O)[C@@H](CCC(N)=O)CC(=O)[C@H](CCCN)NC(=O)[C@H](CC(=O)[C@H](CCCN)NC(=O)[C@H](CC(=O)[C@H](CCCN)NC(=O)[C@H](CC(=O)[C@H](CCCN)NC(=O)[C@@H](CCC(N)=O)CC(=O)[C@@H](N)CCCN)Cc1ccccc1)Cc1c[nH]c2ccccc12)Cc1ccccc1)C(=O)O. The minimum atomic E-state index is -1.35. The third-order valence-electron chi connectivity index (χ3n) is 18.4. The van der Waals surface area contributed by atoms with Gasteiger partial charge in [-0.3, -0.25) is 57.5 Å². The van der Waals surface area contributed by atoms with E-state index in [0.29, 0.717) is 23.1 Å². The summed E-state index contributed by atoms with van der Waals surface area (Å²) in [6.07, 6.45) is 0.481. The number of aromatic amines is 1. The fraction of sp³-hybridized carbons (Fsp3) is 0.554. The van der Waals surface area contributed by atoms with Gasteiger partial charge in [-0.15, -0.1) is 0 Å². The minimum Gasteiger partial charge on any atom is -0.480 e. The molecule has 11 atom stereocenters. The van der Waals surface area contributed by atoms with Gasteiger partial charge in [-0.25, -0.2) is 4.79 Å². The number of para-hydroxylation sites is 1. The molecule has 0 saturated heterocycles. The number of carbonyl (C=O) groups is 13. The van der Waals surface area contributed by atoms with Gasteiger partial charge in [0.05, 0.1) is 30.2 Å². The van der Waals surface area contributed by atoms with Gasteiger partial charge in [0.2, 0.25) is 41.4 Å². The standard InChI is InChI=1S/C74H111N15O14/c75-31-9-20-55(81)62(90)40-48(27-29-67(82)95)69(97)85-58(23-11-33-77)64(92)42-50(37-46-15-3-1-4-16-46)72(100)87-60(25-13-35-79)66(94)44-52(39-53-45-84-56-21-8-7-19-54(53)56)73(101)88-59(24-12-34-78)65(93)43-51(38-47-17-5-2-6-18-47)71(99)86-57(22-10-32-76)63(91)41-49(28-30-68(83)96)70(98)89-61(74(102)103)26-14-36-80/h1-8,15-19,21,45,48-52,55,57-61,84H,9-14,20,22-44,75-81H2,(H2,82,95)(H2,83,96)(H,85,97)(H,86,99)(H,87,100)(H,88,101)(H,89,98)(H,102,103)/t48-,49-,50-,51-,52-,55-,57-,58-,59-,60-,61-/m0/s1. The van der Waals surface area contributed by atoms with Gasteiger partial charge in [-0.2, -0.15) is 0 Å². The van der Waals surface area contributed by atoms with Gasteiger partial charge in [0.25, 0.3) is 0 Å². The van der Waals surface area contributed by atoms with E-state index in [0.717, 1.165) is 10.9 Å². The van der Waals surface area contributed by atoms with Crippen LogP contribution in [-0.4, -0.2) is 162 Å². The van der Waals surface area contributed by atoms with Crippen LogP contribution in [0.4, 0.5) is 0 Å². The van der Waals surface area contributed by atoms with Gasteiger partial charge in [-0.05, 0) is 171 Å². The molecule has 29 heteroatoms. The van der Waals surface area contributed by atoms with E-state index < -0.39 is 168 Å². The molecule has 103 heavy (non-hydrogen) atoms. The highest BCUT2D eigenvalue weighted by molar-refractivity contribution is 5.99. The third-order valence-corrected chi connectivity index (χ3v) is 18.4. The molecule has 0 spiro atoms. The van der Waals surface area contributed by atoms with Gasteiger partial charge in [0.15, 0.2) is 23.1 Å². The van der Waals surface area contributed by atoms with Crippen LogP contribution in [0.1, 0.15) is 152 Å². The Labute approximate surface area is 602 Å². The molecule has 0 bridgehead atoms. The normalized spacial score (nSPS) is 14.6. The summed E-state index contributed by atoms with van der Waals surface area (Å²) in [6.45, 7) is 0.854. The van der Waals surface area contributed by atoms with E-state index in [1.165, 1.54) is 0 Å². The third kappa shape index (κ3) is 31.3. The molecule has 566 valence electrons. The second kappa shape index (κ2) is 47.3. The topological polar surface area (TPSA) is 552 Å². The summed E-state index contributed by atoms with van der Waals surface area (Å²) in [6, 6.07) is 17.6. The van der Waals surface area contributed by atoms with Crippen LogP contribution in [0.25, 0.3) is 10.9 Å². The molecule has 7 amide bonds. The maximum atomic E-state index is 15.2. The van der Waals surface area contributed by atoms with Crippen LogP contribution in [-0.2, 0) is 81.6 Å². The Hall–Kier alpha value is -8.97. The summed E-state index contributed by atoms with van der Waals surface area (Å²) >= 11 is 0. The predicted molar refractivity (Wildman–Crippen MR) is 390 cm³/mol. The summed E-state index contributed by atoms with van der Waals surface area (Å²) in [7, 11) is 0. The summed E-state index contributed by atoms with van der Waals surface area (Å²) in [5.74, 6) is -15.1. The number of H-pyrrole nitrogens is 1. The van der Waals surface area contributed by atoms with Gasteiger partial charge in [0.1, 0.15) is 11.8 Å². The van der Waals surface area contributed by atoms with Gasteiger partial charge in [-0.1, -0.05) is 78.9 Å². The number of hydrogen-bond donors (Lipinski definition) is 16. The van der Waals surface area contributed by atoms with Crippen LogP contribution in [0.15, 0.2) is 91.1 Å². The molecule has 0 saturated carbocycles. The predicted octanol–water partition coefficient (Wildman–Crippen LogP) is 0.873. The number of fused-ring (bicyclic) bond motifs is 1. The van der Waals surface area contributed by atoms with Crippen molar-refractivity contribution in [2.75, 3.05) is 39.3 Å². The lowest BCUT2D eigenvalue weighted by atomic mass is 9.87. The van der Waals surface area contributed by atoms with Crippen molar-refractivity contribution in [3.63, 3.8) is 0 Å². The lowest BCUT2D eigenvalue weighted by molar-refractivity contribution is -0.143. The lowest BCUT2D eigenvalue weighted by Crippen LogP contribution is -2.49. The highest BCUT2D eigenvalue weighted by atomic mass is 16.4. The molecule has 29 nitrogen and oxygen atoms in total. The Balaban J connectivity index is 1.70. The molecule has 0 aliphatic heterocycles. The first-order valence-electron chi connectivity index (χ1n) is 35.9. The highest BCUT2D eigenvalue weighted by Crippen LogP contribution is 2.27. The fourth-order valence-electron chi connectivity index (χ4n) is 12.4. The van der Waals surface area contributed by atoms with Gasteiger partial charge in [0, 0.05) is 91.6 Å². The van der Waals surface area contributed by atoms with Crippen molar-refractivity contribution in [3.05, 3.63) is 108 Å². The van der Waals surface area contributed by atoms with Crippen LogP contribution in [0.2, 0.25) is 0 Å². The number of Topliss-reactive ketones (excluding diaryl/α,β-unsaturated/α-hetero) is 5. The highest BCUT2D eigenvalue weighted by Gasteiger charge is 2.38. The number of amides is 7. The van der Waals surface area contributed by atoms with E-state index in [9.17, 15) is 53.1 Å². The van der Waals surface area contributed by atoms with Crippen LogP contribution >= 0.6 is 0 Å². The quantitative estimate of drug-likeness (QED) is 0.0292. The van der Waals surface area contributed by atoms with Crippen molar-refractivity contribution in [2.24, 2.45) is 81.2 Å². The first-order chi connectivity index (χ1) is 49.4. The van der Waals surface area contributed by atoms with Gasteiger partial charge >= 0.3 is 5.97 Å². The van der Waals surface area contributed by atoms with Gasteiger partial charge < -0.3 is 88.3 Å². The first kappa shape index (κ1) is 86.4. The summed E-state index contributed by atoms with van der Waals surface area (Å²) < 4.78 is 0. The zero-order valence-corrected chi connectivity index (χ0v) is 59.2. The van der Waals surface area contributed by atoms with Crippen molar-refractivity contribution in [1.82, 2.24) is 31.6 Å². The molecular weight excluding hydrogens is 1320 g/mol. The molecule has 0 radical (unpaired) electrons. The lowest BCUT2D eigenvalue weighted by Gasteiger charge is -2.27. The average Bonchev–Trinajstić information content (AvgIpc) is 1.73. The van der Waals surface area contributed by atoms with E-state index in [2.05, 4.69) is 31.6 Å². The molecule has 1 heterocycles. The molecule has 0 aliphatic carbocycles. The van der Waals surface area contributed by atoms with E-state index >= 15 is 14.4 Å². The molecule has 0 fully saturated rings. The van der Waals surface area contributed by atoms with Crippen molar-refractivity contribution in [1.29, 1.82) is 0 Å². The van der Waals surface area contributed by atoms with E-state index in [-0.39, 0.29) is 161 Å². The summed E-state index contributed by atoms with van der Waals surface area (Å²) in [5, 5.41) is 24.4. The van der Waals surface area contributed by atoms with E-state index in [1.54, 1.807) is 66.9 Å². The number of aliphatic carboxylic acids is 1. The molecular formula is C74H111N15O14. The molecule has 0 aliphatic rings. The smallest absolute Gasteiger partial charge is 0.326 e. The van der Waals surface area contributed by atoms with Crippen molar-refractivity contribution >= 4 is 87.1 Å². The molecule has 1 aromatic heterocycles. The summed E-state index contributed by atoms with van der Waals surface area (Å²) in [5.41, 5.74) is 54.9. The zero-order valence-electron chi connectivity index (χ0n) is 59.2. The minimum absolute atomic E-state index is 0.00136. The fourth-order valence-corrected chi connectivity index (χ4v) is 12.4. The first-order valence-corrected chi connectivity index (χ1v) is 35.9. The van der Waals surface area contributed by atoms with Crippen LogP contribution in [0.5, 0.6) is 0 Å². The molecule has 0 unspecified atom stereocenters. The van der Waals surface area contributed by atoms with E-state index in [4.69, 9.17) is 51.6 Å². The van der Waals surface area contributed by atoms with Crippen LogP contribution < -0.4 is 78.2 Å². The number of ketones is 5. The number of carboxylic acids is 1. The Morgan fingerprint density at radius 3 is 1.02 bits per heavy atom. The summed E-state index contributed by atoms with van der Waals surface area (Å²) in [4.78, 5) is 185. The molecule has 3 aromatic carbocycles. The second-order valence-electron chi connectivity index (χ2n) is 26.6. The van der Waals surface area contributed by atoms with Crippen molar-refractivity contribution < 1.29 is 67.4 Å². The van der Waals surface area contributed by atoms with Crippen molar-refractivity contribution in [2.45, 2.75) is 190 Å². The molecule has 4 rings (SSSR count). The monoisotopic (exact) mass is 1430 g/mol. The van der Waals surface area contributed by atoms with Crippen LogP contribution in [0, 0.1) is 29.6 Å². The number of nitrogens with one attached hydrogen (secondary N) is 6. The Kier molecular flexibility index (Phi) is 39.7. The Morgan fingerprint density at radius 1 is 0.359 bits per heavy atom. The number of carboxylic acid groups (broad SMARTS) is 1. The zero-order chi connectivity index (χ0) is 75.8. The second-order valence-corrected chi connectivity index (χ2v) is 26.6. The maximum absolute atomic E-state index is 15.2. The average molecular weight is 1430 g/mol. The number of primary amides is 2. The maximum Gasteiger partial charge on any atom is 0.326 e. The number of aromatic nitrogens is 1. The largest absolute Gasteiger partial charge is 0.480 e. The van der Waals surface area contributed by atoms with E-state index in [1.807, 2.05) is 24.3 Å². The Bertz CT molecular complexity index is 3390. The number of nitrogens with two attached hydrogens (primary N) is 9. The number of carbonyl (C=O) groups excluding carboxylic acids is 12. The number of rotatable bonds is 56. The number of hydrogen-bond acceptors (Lipinski definition) is 20. The molecule has 25 N–H and O–H groups in total.